The molecule has 1 aromatic heterocycles. The average molecular weight is 232 g/mol. The number of nitrogens with zero attached hydrogens (tertiary/aromatic N) is 2. The van der Waals surface area contributed by atoms with E-state index >= 15 is 0 Å². The van der Waals surface area contributed by atoms with Crippen LogP contribution in [0.15, 0.2) is 17.6 Å². The second-order valence-electron chi connectivity index (χ2n) is 2.85. The second kappa shape index (κ2) is 4.41. The minimum atomic E-state index is -3.65. The largest absolute Gasteiger partial charge is 0.358 e. The summed E-state index contributed by atoms with van der Waals surface area (Å²) >= 11 is 0. The van der Waals surface area contributed by atoms with E-state index < -0.39 is 10.0 Å². The maximum absolute atomic E-state index is 11.7. The summed E-state index contributed by atoms with van der Waals surface area (Å²) in [6, 6.07) is 0. The third-order valence-electron chi connectivity index (χ3n) is 1.81. The van der Waals surface area contributed by atoms with Crippen molar-refractivity contribution in [3.05, 3.63) is 12.5 Å². The van der Waals surface area contributed by atoms with Gasteiger partial charge in [-0.3, -0.25) is 4.79 Å². The smallest absolute Gasteiger partial charge is 0.260 e. The number of aromatic nitrogens is 2. The lowest BCUT2D eigenvalue weighted by atomic mass is 10.6. The van der Waals surface area contributed by atoms with E-state index in [2.05, 4.69) is 15.3 Å². The molecular weight excluding hydrogens is 220 g/mol. The lowest BCUT2D eigenvalue weighted by molar-refractivity contribution is -0.120. The first-order valence-electron chi connectivity index (χ1n) is 4.13. The molecule has 0 fully saturated rings. The summed E-state index contributed by atoms with van der Waals surface area (Å²) < 4.78 is 24.4. The molecule has 1 rings (SSSR count). The van der Waals surface area contributed by atoms with Gasteiger partial charge in [-0.1, -0.05) is 0 Å². The van der Waals surface area contributed by atoms with Crippen LogP contribution in [0.25, 0.3) is 0 Å². The summed E-state index contributed by atoms with van der Waals surface area (Å²) in [4.78, 5) is 17.1. The van der Waals surface area contributed by atoms with Crippen LogP contribution in [0.2, 0.25) is 0 Å². The highest BCUT2D eigenvalue weighted by Gasteiger charge is 2.23. The maximum Gasteiger partial charge on any atom is 0.260 e. The van der Waals surface area contributed by atoms with Crippen molar-refractivity contribution >= 4 is 15.9 Å². The Bertz CT molecular complexity index is 425. The number of H-pyrrole nitrogens is 1. The van der Waals surface area contributed by atoms with Gasteiger partial charge in [-0.25, -0.2) is 13.4 Å². The van der Waals surface area contributed by atoms with Crippen LogP contribution in [-0.2, 0) is 14.8 Å². The number of likely N-dealkylation sites (N-methyl/N-ethyl adjacent to an activating group) is 2. The van der Waals surface area contributed by atoms with Crippen molar-refractivity contribution in [2.24, 2.45) is 0 Å². The maximum atomic E-state index is 11.7. The number of amides is 1. The zero-order valence-corrected chi connectivity index (χ0v) is 9.21. The molecule has 2 N–H and O–H groups in total. The highest BCUT2D eigenvalue weighted by atomic mass is 32.2. The molecule has 0 saturated carbocycles. The van der Waals surface area contributed by atoms with E-state index in [1.165, 1.54) is 26.6 Å². The lowest BCUT2D eigenvalue weighted by Gasteiger charge is -2.14. The molecule has 8 heteroatoms. The number of imidazole rings is 1. The quantitative estimate of drug-likeness (QED) is 0.680. The van der Waals surface area contributed by atoms with Crippen LogP contribution in [0.4, 0.5) is 0 Å². The summed E-state index contributed by atoms with van der Waals surface area (Å²) in [6.07, 6.45) is 2.45. The van der Waals surface area contributed by atoms with E-state index in [0.717, 1.165) is 4.31 Å². The minimum absolute atomic E-state index is 0.0334. The van der Waals surface area contributed by atoms with Crippen LogP contribution < -0.4 is 5.32 Å². The van der Waals surface area contributed by atoms with Gasteiger partial charge in [-0.2, -0.15) is 4.31 Å². The number of sulfonamides is 1. The highest BCUT2D eigenvalue weighted by Crippen LogP contribution is 2.08. The summed E-state index contributed by atoms with van der Waals surface area (Å²) in [5, 5.41) is 2.31. The van der Waals surface area contributed by atoms with Gasteiger partial charge in [0, 0.05) is 14.1 Å². The summed E-state index contributed by atoms with van der Waals surface area (Å²) in [6.45, 7) is -0.224. The Balaban J connectivity index is 2.84. The molecule has 1 aromatic rings. The summed E-state index contributed by atoms with van der Waals surface area (Å²) in [7, 11) is -0.878. The van der Waals surface area contributed by atoms with Crippen molar-refractivity contribution in [1.29, 1.82) is 0 Å². The lowest BCUT2D eigenvalue weighted by Crippen LogP contribution is -2.37. The Labute approximate surface area is 87.6 Å². The molecular formula is C7H12N4O3S. The van der Waals surface area contributed by atoms with Gasteiger partial charge in [0.1, 0.15) is 0 Å². The van der Waals surface area contributed by atoms with E-state index in [1.54, 1.807) is 0 Å². The molecule has 0 aromatic carbocycles. The minimum Gasteiger partial charge on any atom is -0.358 e. The highest BCUT2D eigenvalue weighted by molar-refractivity contribution is 7.89. The Morgan fingerprint density at radius 3 is 2.80 bits per heavy atom. The fraction of sp³-hybridized carbons (Fsp3) is 0.429. The Kier molecular flexibility index (Phi) is 3.43. The van der Waals surface area contributed by atoms with Gasteiger partial charge in [0.25, 0.3) is 10.0 Å². The molecule has 0 aliphatic heterocycles. The van der Waals surface area contributed by atoms with Gasteiger partial charge in [-0.05, 0) is 0 Å². The number of carbonyl (C=O) groups is 1. The van der Waals surface area contributed by atoms with Gasteiger partial charge in [0.15, 0.2) is 5.03 Å². The first kappa shape index (κ1) is 11.7. The first-order chi connectivity index (χ1) is 6.98. The van der Waals surface area contributed by atoms with E-state index in [9.17, 15) is 13.2 Å². The molecule has 0 unspecified atom stereocenters. The topological polar surface area (TPSA) is 95.2 Å². The van der Waals surface area contributed by atoms with Gasteiger partial charge in [0.2, 0.25) is 5.91 Å². The molecule has 0 spiro atoms. The molecule has 84 valence electrons. The second-order valence-corrected chi connectivity index (χ2v) is 4.86. The first-order valence-corrected chi connectivity index (χ1v) is 5.57. The van der Waals surface area contributed by atoms with Crippen molar-refractivity contribution in [1.82, 2.24) is 19.6 Å². The monoisotopic (exact) mass is 232 g/mol. The third kappa shape index (κ3) is 2.54. The predicted octanol–water partition coefficient (Wildman–Crippen LogP) is -1.22. The van der Waals surface area contributed by atoms with Crippen LogP contribution in [-0.4, -0.2) is 49.2 Å². The van der Waals surface area contributed by atoms with Gasteiger partial charge < -0.3 is 10.3 Å². The summed E-state index contributed by atoms with van der Waals surface area (Å²) in [5.41, 5.74) is 0. The van der Waals surface area contributed by atoms with E-state index in [-0.39, 0.29) is 17.5 Å². The number of nitrogens with one attached hydrogen (secondary N) is 2. The number of hydrogen-bond donors (Lipinski definition) is 2. The van der Waals surface area contributed by atoms with Crippen molar-refractivity contribution in [3.63, 3.8) is 0 Å². The number of rotatable bonds is 4. The van der Waals surface area contributed by atoms with Gasteiger partial charge in [-0.15, -0.1) is 0 Å². The fourth-order valence-electron chi connectivity index (χ4n) is 0.918. The zero-order chi connectivity index (χ0) is 11.5. The van der Waals surface area contributed by atoms with Crippen molar-refractivity contribution in [3.8, 4) is 0 Å². The van der Waals surface area contributed by atoms with E-state index in [0.29, 0.717) is 0 Å². The molecule has 0 bridgehead atoms. The fourth-order valence-corrected chi connectivity index (χ4v) is 1.94. The van der Waals surface area contributed by atoms with E-state index in [4.69, 9.17) is 0 Å². The molecule has 1 amide bonds. The Hall–Kier alpha value is -1.41. The van der Waals surface area contributed by atoms with E-state index in [1.807, 2.05) is 0 Å². The van der Waals surface area contributed by atoms with Gasteiger partial charge in [0.05, 0.1) is 19.1 Å². The third-order valence-corrected chi connectivity index (χ3v) is 3.54. The summed E-state index contributed by atoms with van der Waals surface area (Å²) in [5.74, 6) is -0.374. The van der Waals surface area contributed by atoms with Crippen LogP contribution in [0.3, 0.4) is 0 Å². The predicted molar refractivity (Wildman–Crippen MR) is 52.5 cm³/mol. The molecule has 1 heterocycles. The Morgan fingerprint density at radius 2 is 2.33 bits per heavy atom. The molecule has 0 aliphatic carbocycles. The molecule has 0 radical (unpaired) electrons. The number of aromatic amines is 1. The molecule has 7 nitrogen and oxygen atoms in total. The Morgan fingerprint density at radius 1 is 1.67 bits per heavy atom. The molecule has 0 aliphatic rings. The van der Waals surface area contributed by atoms with Crippen LogP contribution >= 0.6 is 0 Å². The standard InChI is InChI=1S/C7H12N4O3S/c1-8-6(12)4-11(2)15(13,14)7-3-9-5-10-7/h3,5H,4H2,1-2H3,(H,8,12)(H,9,10). The van der Waals surface area contributed by atoms with Crippen molar-refractivity contribution < 1.29 is 13.2 Å². The zero-order valence-electron chi connectivity index (χ0n) is 8.39. The normalized spacial score (nSPS) is 11.7. The van der Waals surface area contributed by atoms with Gasteiger partial charge >= 0.3 is 0 Å². The average Bonchev–Trinajstić information content (AvgIpc) is 2.70. The van der Waals surface area contributed by atoms with Crippen LogP contribution in [0.1, 0.15) is 0 Å². The van der Waals surface area contributed by atoms with Crippen LogP contribution in [0.5, 0.6) is 0 Å². The molecule has 0 saturated heterocycles. The van der Waals surface area contributed by atoms with Crippen molar-refractivity contribution in [2.45, 2.75) is 5.03 Å². The molecule has 15 heavy (non-hydrogen) atoms. The van der Waals surface area contributed by atoms with Crippen molar-refractivity contribution in [2.75, 3.05) is 20.6 Å². The SMILES string of the molecule is CNC(=O)CN(C)S(=O)(=O)c1cnc[nH]1. The van der Waals surface area contributed by atoms with Crippen LogP contribution in [0, 0.1) is 0 Å². The number of carbonyl (C=O) groups excluding carboxylic acids is 1. The molecule has 0 atom stereocenters. The number of hydrogen-bond acceptors (Lipinski definition) is 4.